The first kappa shape index (κ1) is 21.4. The predicted octanol–water partition coefficient (Wildman–Crippen LogP) is 5.57. The van der Waals surface area contributed by atoms with Crippen LogP contribution in [0.5, 0.6) is 0 Å². The maximum absolute atomic E-state index is 13.3. The second-order valence-electron chi connectivity index (χ2n) is 6.14. The van der Waals surface area contributed by atoms with Gasteiger partial charge in [0, 0.05) is 17.4 Å². The first-order valence-corrected chi connectivity index (χ1v) is 10.8. The number of anilines is 1. The molecule has 0 spiro atoms. The summed E-state index contributed by atoms with van der Waals surface area (Å²) in [5.74, 6) is -1.08. The quantitative estimate of drug-likeness (QED) is 0.360. The molecule has 0 aliphatic rings. The molecule has 0 saturated carbocycles. The zero-order valence-electron chi connectivity index (χ0n) is 15.6. The smallest absolute Gasteiger partial charge is 0.331 e. The molecule has 2 heterocycles. The molecule has 0 aliphatic heterocycles. The largest absolute Gasteiger partial charge is 0.400 e. The minimum Gasteiger partial charge on any atom is -0.331 e. The van der Waals surface area contributed by atoms with E-state index in [2.05, 4.69) is 24.7 Å². The molecule has 0 aliphatic carbocycles. The van der Waals surface area contributed by atoms with Crippen molar-refractivity contribution in [3.8, 4) is 11.4 Å². The van der Waals surface area contributed by atoms with E-state index in [1.54, 1.807) is 19.1 Å². The van der Waals surface area contributed by atoms with Gasteiger partial charge in [0.15, 0.2) is 0 Å². The Balaban J connectivity index is 1.78. The molecule has 1 atom stereocenters. The van der Waals surface area contributed by atoms with Crippen molar-refractivity contribution in [1.82, 2.24) is 15.1 Å². The van der Waals surface area contributed by atoms with Crippen LogP contribution in [0.4, 0.5) is 14.5 Å². The van der Waals surface area contributed by atoms with E-state index < -0.39 is 18.8 Å². The van der Waals surface area contributed by atoms with Gasteiger partial charge in [0.1, 0.15) is 0 Å². The van der Waals surface area contributed by atoms with E-state index in [9.17, 15) is 13.3 Å². The molecule has 0 fully saturated rings. The number of benzene rings is 1. The molecule has 1 aromatic carbocycles. The number of nitrogens with one attached hydrogen (secondary N) is 1. The fourth-order valence-corrected chi connectivity index (χ4v) is 4.49. The Hall–Kier alpha value is -2.35. The Morgan fingerprint density at radius 3 is 2.62 bits per heavy atom. The van der Waals surface area contributed by atoms with Crippen LogP contribution in [0.2, 0.25) is 0 Å². The lowest BCUT2D eigenvalue weighted by Gasteiger charge is -2.21. The average Bonchev–Trinajstić information content (AvgIpc) is 3.15. The number of aryl methyl sites for hydroxylation is 1. The lowest BCUT2D eigenvalue weighted by molar-refractivity contribution is 0.0551. The summed E-state index contributed by atoms with van der Waals surface area (Å²) in [5.41, 5.74) is 2.47. The molecule has 1 unspecified atom stereocenters. The third kappa shape index (κ3) is 5.38. The van der Waals surface area contributed by atoms with Crippen molar-refractivity contribution in [3.63, 3.8) is 0 Å². The molecule has 29 heavy (non-hydrogen) atoms. The van der Waals surface area contributed by atoms with Gasteiger partial charge < -0.3 is 14.1 Å². The fraction of sp³-hybridized carbons (Fsp3) is 0.278. The zero-order valence-corrected chi connectivity index (χ0v) is 17.3. The number of aromatic nitrogens is 3. The molecule has 3 rings (SSSR count). The summed E-state index contributed by atoms with van der Waals surface area (Å²) in [5, 5.41) is 2.72. The van der Waals surface area contributed by atoms with Crippen LogP contribution in [-0.4, -0.2) is 21.7 Å². The van der Waals surface area contributed by atoms with E-state index in [-0.39, 0.29) is 18.6 Å². The number of pyridine rings is 1. The number of para-hydroxylation sites is 1. The Kier molecular flexibility index (Phi) is 6.31. The number of hydrogen-bond donors (Lipinski definition) is 1. The number of halogens is 3. The van der Waals surface area contributed by atoms with Crippen LogP contribution in [0.25, 0.3) is 11.4 Å². The molecular formula is C18H18ClF2N4O3P. The Bertz CT molecular complexity index is 1020. The van der Waals surface area contributed by atoms with Crippen molar-refractivity contribution in [2.24, 2.45) is 0 Å². The van der Waals surface area contributed by atoms with Gasteiger partial charge in [-0.25, -0.2) is 0 Å². The summed E-state index contributed by atoms with van der Waals surface area (Å²) in [7, 11) is -3.27. The number of nitrogens with zero attached hydrogens (tertiary/aromatic N) is 3. The van der Waals surface area contributed by atoms with Gasteiger partial charge in [0.2, 0.25) is 5.82 Å². The van der Waals surface area contributed by atoms with Gasteiger partial charge in [-0.15, -0.1) is 0 Å². The highest BCUT2D eigenvalue weighted by Gasteiger charge is 2.35. The Morgan fingerprint density at radius 1 is 1.28 bits per heavy atom. The molecule has 7 nitrogen and oxygen atoms in total. The van der Waals surface area contributed by atoms with Gasteiger partial charge in [-0.05, 0) is 49.2 Å². The summed E-state index contributed by atoms with van der Waals surface area (Å²) in [6.07, 6.45) is 1.41. The van der Waals surface area contributed by atoms with E-state index in [1.165, 1.54) is 6.20 Å². The predicted molar refractivity (Wildman–Crippen MR) is 105 cm³/mol. The molecular weight excluding hydrogens is 425 g/mol. The molecule has 154 valence electrons. The summed E-state index contributed by atoms with van der Waals surface area (Å²) in [6, 6.07) is 10.6. The van der Waals surface area contributed by atoms with E-state index in [1.807, 2.05) is 31.2 Å². The normalized spacial score (nSPS) is 13.8. The van der Waals surface area contributed by atoms with Crippen molar-refractivity contribution in [3.05, 3.63) is 59.7 Å². The molecule has 1 N–H and O–H groups in total. The van der Waals surface area contributed by atoms with E-state index >= 15 is 0 Å². The van der Waals surface area contributed by atoms with Crippen LogP contribution in [-0.2, 0) is 20.6 Å². The fourth-order valence-electron chi connectivity index (χ4n) is 2.53. The van der Waals surface area contributed by atoms with Gasteiger partial charge in [-0.1, -0.05) is 23.4 Å². The molecule has 3 aromatic rings. The standard InChI is InChI=1S/C18H18ClF2N4O3P/c1-3-27-29(26,25-15-7-5-4-6-12(15)2)11-14-9-8-13(10-22-14)16-23-17(28-24-16)18(19,20)21/h4-10H,3,11H2,1-2H3,(H,25,26). The molecule has 0 amide bonds. The summed E-state index contributed by atoms with van der Waals surface area (Å²) in [4.78, 5) is 7.78. The van der Waals surface area contributed by atoms with Crippen LogP contribution in [0.1, 0.15) is 24.1 Å². The first-order chi connectivity index (χ1) is 13.7. The minimum absolute atomic E-state index is 0.0344. The molecule has 2 aromatic heterocycles. The van der Waals surface area contributed by atoms with Crippen molar-refractivity contribution in [2.45, 2.75) is 25.4 Å². The van der Waals surface area contributed by atoms with Crippen LogP contribution in [0.3, 0.4) is 0 Å². The van der Waals surface area contributed by atoms with Crippen LogP contribution in [0, 0.1) is 6.92 Å². The van der Waals surface area contributed by atoms with E-state index in [0.717, 1.165) is 5.56 Å². The first-order valence-electron chi connectivity index (χ1n) is 8.64. The van der Waals surface area contributed by atoms with Gasteiger partial charge >= 0.3 is 11.3 Å². The van der Waals surface area contributed by atoms with Crippen LogP contribution < -0.4 is 5.09 Å². The number of rotatable bonds is 8. The van der Waals surface area contributed by atoms with Crippen LogP contribution in [0.15, 0.2) is 47.1 Å². The highest BCUT2D eigenvalue weighted by molar-refractivity contribution is 7.59. The monoisotopic (exact) mass is 442 g/mol. The van der Waals surface area contributed by atoms with Crippen molar-refractivity contribution < 1.29 is 22.4 Å². The summed E-state index contributed by atoms with van der Waals surface area (Å²) < 4.78 is 49.3. The lowest BCUT2D eigenvalue weighted by atomic mass is 10.2. The number of alkyl halides is 3. The average molecular weight is 443 g/mol. The zero-order chi connectivity index (χ0) is 21.1. The van der Waals surface area contributed by atoms with Gasteiger partial charge in [-0.3, -0.25) is 9.55 Å². The van der Waals surface area contributed by atoms with Crippen molar-refractivity contribution in [2.75, 3.05) is 11.7 Å². The second-order valence-corrected chi connectivity index (χ2v) is 8.75. The SMILES string of the molecule is CCOP(=O)(Cc1ccc(-c2noc(C(F)(F)Cl)n2)cn1)Nc1ccccc1C. The highest BCUT2D eigenvalue weighted by atomic mass is 35.5. The topological polar surface area (TPSA) is 90.1 Å². The summed E-state index contributed by atoms with van der Waals surface area (Å²) >= 11 is 4.87. The van der Waals surface area contributed by atoms with Crippen molar-refractivity contribution >= 4 is 24.8 Å². The highest BCUT2D eigenvalue weighted by Crippen LogP contribution is 2.50. The molecule has 11 heteroatoms. The third-order valence-corrected chi connectivity index (χ3v) is 6.05. The van der Waals surface area contributed by atoms with Gasteiger partial charge in [0.05, 0.1) is 18.5 Å². The molecule has 0 bridgehead atoms. The maximum Gasteiger partial charge on any atom is 0.400 e. The lowest BCUT2D eigenvalue weighted by Crippen LogP contribution is -2.06. The van der Waals surface area contributed by atoms with E-state index in [4.69, 9.17) is 16.1 Å². The second kappa shape index (κ2) is 8.57. The van der Waals surface area contributed by atoms with Gasteiger partial charge in [-0.2, -0.15) is 13.8 Å². The Morgan fingerprint density at radius 2 is 2.03 bits per heavy atom. The number of hydrogen-bond acceptors (Lipinski definition) is 6. The molecule has 0 radical (unpaired) electrons. The summed E-state index contributed by atoms with van der Waals surface area (Å²) in [6.45, 7) is 3.91. The van der Waals surface area contributed by atoms with Gasteiger partial charge in [0.25, 0.3) is 7.52 Å². The molecule has 0 saturated heterocycles. The van der Waals surface area contributed by atoms with E-state index in [0.29, 0.717) is 16.9 Å². The maximum atomic E-state index is 13.3. The minimum atomic E-state index is -3.75. The third-order valence-electron chi connectivity index (χ3n) is 3.90. The van der Waals surface area contributed by atoms with Crippen LogP contribution >= 0.6 is 19.1 Å². The van der Waals surface area contributed by atoms with Crippen molar-refractivity contribution in [1.29, 1.82) is 0 Å². The Labute approximate surface area is 171 Å².